The molecule has 0 saturated carbocycles. The van der Waals surface area contributed by atoms with Crippen LogP contribution in [0.15, 0.2) is 5.16 Å². The average molecular weight is 214 g/mol. The maximum atomic E-state index is 8.42. The number of rotatable bonds is 4. The summed E-state index contributed by atoms with van der Waals surface area (Å²) in [6.07, 6.45) is 0.651. The minimum absolute atomic E-state index is 0.321. The van der Waals surface area contributed by atoms with Gasteiger partial charge in [0, 0.05) is 45.2 Å². The lowest BCUT2D eigenvalue weighted by molar-refractivity contribution is 0.110. The van der Waals surface area contributed by atoms with Crippen molar-refractivity contribution in [3.63, 3.8) is 0 Å². The van der Waals surface area contributed by atoms with E-state index in [1.165, 1.54) is 0 Å². The van der Waals surface area contributed by atoms with Gasteiger partial charge in [0.2, 0.25) is 0 Å². The van der Waals surface area contributed by atoms with Gasteiger partial charge in [0.25, 0.3) is 0 Å². The van der Waals surface area contributed by atoms with E-state index in [-0.39, 0.29) is 0 Å². The molecule has 0 atom stereocenters. The number of hydrogen-bond donors (Lipinski definition) is 2. The first-order valence-corrected chi connectivity index (χ1v) is 5.56. The summed E-state index contributed by atoms with van der Waals surface area (Å²) in [6, 6.07) is 0.635. The zero-order valence-electron chi connectivity index (χ0n) is 9.69. The van der Waals surface area contributed by atoms with Crippen molar-refractivity contribution in [2.24, 2.45) is 10.9 Å². The predicted octanol–water partition coefficient (Wildman–Crippen LogP) is 0.149. The van der Waals surface area contributed by atoms with Crippen molar-refractivity contribution in [2.75, 3.05) is 32.7 Å². The second kappa shape index (κ2) is 5.92. The summed E-state index contributed by atoms with van der Waals surface area (Å²) in [5, 5.41) is 11.4. The summed E-state index contributed by atoms with van der Waals surface area (Å²) in [5.41, 5.74) is 5.43. The lowest BCUT2D eigenvalue weighted by Crippen LogP contribution is -2.49. The molecule has 1 aliphatic heterocycles. The first kappa shape index (κ1) is 12.3. The molecule has 0 aromatic rings. The molecule has 0 spiro atoms. The Morgan fingerprint density at radius 1 is 1.33 bits per heavy atom. The highest BCUT2D eigenvalue weighted by atomic mass is 16.4. The second-order valence-electron chi connectivity index (χ2n) is 4.31. The van der Waals surface area contributed by atoms with Crippen LogP contribution in [0.4, 0.5) is 0 Å². The third-order valence-corrected chi connectivity index (χ3v) is 2.95. The molecule has 0 aliphatic carbocycles. The molecular formula is C10H22N4O. The van der Waals surface area contributed by atoms with E-state index in [1.807, 2.05) is 0 Å². The quantitative estimate of drug-likeness (QED) is 0.302. The van der Waals surface area contributed by atoms with Crippen molar-refractivity contribution in [2.45, 2.75) is 26.3 Å². The summed E-state index contributed by atoms with van der Waals surface area (Å²) in [7, 11) is 0. The molecular weight excluding hydrogens is 192 g/mol. The van der Waals surface area contributed by atoms with E-state index >= 15 is 0 Å². The van der Waals surface area contributed by atoms with Crippen molar-refractivity contribution in [3.8, 4) is 0 Å². The van der Waals surface area contributed by atoms with Gasteiger partial charge in [-0.05, 0) is 13.8 Å². The Bertz CT molecular complexity index is 209. The van der Waals surface area contributed by atoms with E-state index in [0.29, 0.717) is 18.3 Å². The molecule has 0 aromatic carbocycles. The number of nitrogens with two attached hydrogens (primary N) is 1. The van der Waals surface area contributed by atoms with Crippen molar-refractivity contribution in [1.82, 2.24) is 9.80 Å². The third-order valence-electron chi connectivity index (χ3n) is 2.95. The van der Waals surface area contributed by atoms with Crippen molar-refractivity contribution in [1.29, 1.82) is 0 Å². The first-order valence-electron chi connectivity index (χ1n) is 5.56. The molecule has 5 nitrogen and oxygen atoms in total. The van der Waals surface area contributed by atoms with E-state index < -0.39 is 0 Å². The SMILES string of the molecule is CC(C)N1CCN(CC/C(N)=N/O)CC1. The first-order chi connectivity index (χ1) is 7.13. The van der Waals surface area contributed by atoms with Crippen LogP contribution in [0.25, 0.3) is 0 Å². The maximum Gasteiger partial charge on any atom is 0.140 e. The molecule has 0 aromatic heterocycles. The predicted molar refractivity (Wildman–Crippen MR) is 61.2 cm³/mol. The van der Waals surface area contributed by atoms with Crippen LogP contribution in [-0.4, -0.2) is 59.6 Å². The number of nitrogens with zero attached hydrogens (tertiary/aromatic N) is 3. The monoisotopic (exact) mass is 214 g/mol. The summed E-state index contributed by atoms with van der Waals surface area (Å²) in [4.78, 5) is 4.83. The Morgan fingerprint density at radius 2 is 1.93 bits per heavy atom. The van der Waals surface area contributed by atoms with Crippen LogP contribution < -0.4 is 5.73 Å². The van der Waals surface area contributed by atoms with Crippen molar-refractivity contribution < 1.29 is 5.21 Å². The van der Waals surface area contributed by atoms with Gasteiger partial charge in [-0.3, -0.25) is 4.90 Å². The number of hydrogen-bond acceptors (Lipinski definition) is 4. The van der Waals surface area contributed by atoms with E-state index in [2.05, 4.69) is 28.8 Å². The smallest absolute Gasteiger partial charge is 0.140 e. The second-order valence-corrected chi connectivity index (χ2v) is 4.31. The van der Waals surface area contributed by atoms with Gasteiger partial charge in [-0.15, -0.1) is 0 Å². The molecule has 1 rings (SSSR count). The molecule has 0 unspecified atom stereocenters. The molecule has 0 radical (unpaired) electrons. The van der Waals surface area contributed by atoms with Crippen molar-refractivity contribution >= 4 is 5.84 Å². The van der Waals surface area contributed by atoms with Crippen LogP contribution in [0.5, 0.6) is 0 Å². The molecule has 3 N–H and O–H groups in total. The highest BCUT2D eigenvalue weighted by Crippen LogP contribution is 2.05. The maximum absolute atomic E-state index is 8.42. The highest BCUT2D eigenvalue weighted by molar-refractivity contribution is 5.79. The summed E-state index contributed by atoms with van der Waals surface area (Å²) >= 11 is 0. The van der Waals surface area contributed by atoms with Gasteiger partial charge in [0.1, 0.15) is 5.84 Å². The molecule has 1 aliphatic rings. The largest absolute Gasteiger partial charge is 0.409 e. The number of amidine groups is 1. The van der Waals surface area contributed by atoms with Gasteiger partial charge in [-0.1, -0.05) is 5.16 Å². The number of piperazine rings is 1. The number of oxime groups is 1. The lowest BCUT2D eigenvalue weighted by atomic mass is 10.2. The zero-order valence-corrected chi connectivity index (χ0v) is 9.69. The van der Waals surface area contributed by atoms with Crippen LogP contribution in [0.2, 0.25) is 0 Å². The van der Waals surface area contributed by atoms with Crippen LogP contribution in [0.3, 0.4) is 0 Å². The fourth-order valence-corrected chi connectivity index (χ4v) is 1.83. The third kappa shape index (κ3) is 4.05. The Labute approximate surface area is 91.5 Å². The van der Waals surface area contributed by atoms with Gasteiger partial charge in [-0.2, -0.15) is 0 Å². The van der Waals surface area contributed by atoms with Gasteiger partial charge in [0.05, 0.1) is 0 Å². The zero-order chi connectivity index (χ0) is 11.3. The van der Waals surface area contributed by atoms with Crippen LogP contribution >= 0.6 is 0 Å². The van der Waals surface area contributed by atoms with Crippen molar-refractivity contribution in [3.05, 3.63) is 0 Å². The summed E-state index contributed by atoms with van der Waals surface area (Å²) in [6.45, 7) is 9.75. The summed E-state index contributed by atoms with van der Waals surface area (Å²) in [5.74, 6) is 0.321. The Morgan fingerprint density at radius 3 is 2.40 bits per heavy atom. The Balaban J connectivity index is 2.20. The Kier molecular flexibility index (Phi) is 4.84. The normalized spacial score (nSPS) is 21.1. The minimum atomic E-state index is 0.321. The van der Waals surface area contributed by atoms with Crippen LogP contribution in [-0.2, 0) is 0 Å². The molecule has 1 fully saturated rings. The van der Waals surface area contributed by atoms with Gasteiger partial charge in [-0.25, -0.2) is 0 Å². The van der Waals surface area contributed by atoms with E-state index in [4.69, 9.17) is 10.9 Å². The fraction of sp³-hybridized carbons (Fsp3) is 0.900. The van der Waals surface area contributed by atoms with Crippen LogP contribution in [0.1, 0.15) is 20.3 Å². The average Bonchev–Trinajstić information content (AvgIpc) is 2.26. The molecule has 0 amide bonds. The Hall–Kier alpha value is -0.810. The fourth-order valence-electron chi connectivity index (χ4n) is 1.83. The van der Waals surface area contributed by atoms with E-state index in [1.54, 1.807) is 0 Å². The van der Waals surface area contributed by atoms with Gasteiger partial charge < -0.3 is 15.8 Å². The molecule has 0 bridgehead atoms. The van der Waals surface area contributed by atoms with Gasteiger partial charge in [0.15, 0.2) is 0 Å². The molecule has 1 saturated heterocycles. The molecule has 1 heterocycles. The van der Waals surface area contributed by atoms with E-state index in [0.717, 1.165) is 32.7 Å². The lowest BCUT2D eigenvalue weighted by Gasteiger charge is -2.36. The standard InChI is InChI=1S/C10H22N4O/c1-9(2)14-7-5-13(6-8-14)4-3-10(11)12-15/h9,15H,3-8H2,1-2H3,(H2,11,12). The minimum Gasteiger partial charge on any atom is -0.409 e. The molecule has 15 heavy (non-hydrogen) atoms. The molecule has 88 valence electrons. The van der Waals surface area contributed by atoms with Gasteiger partial charge >= 0.3 is 0 Å². The molecule has 5 heteroatoms. The summed E-state index contributed by atoms with van der Waals surface area (Å²) < 4.78 is 0. The highest BCUT2D eigenvalue weighted by Gasteiger charge is 2.18. The van der Waals surface area contributed by atoms with Crippen LogP contribution in [0, 0.1) is 0 Å². The topological polar surface area (TPSA) is 65.1 Å². The van der Waals surface area contributed by atoms with E-state index in [9.17, 15) is 0 Å².